The van der Waals surface area contributed by atoms with Gasteiger partial charge in [-0.1, -0.05) is 0 Å². The summed E-state index contributed by atoms with van der Waals surface area (Å²) in [6, 6.07) is 0.634. The number of hydrogen-bond acceptors (Lipinski definition) is 5. The highest BCUT2D eigenvalue weighted by Gasteiger charge is 2.34. The number of piperazine rings is 1. The van der Waals surface area contributed by atoms with E-state index in [1.165, 1.54) is 31.1 Å². The van der Waals surface area contributed by atoms with E-state index in [1.54, 1.807) is 0 Å². The van der Waals surface area contributed by atoms with Crippen LogP contribution in [0.4, 0.5) is 0 Å². The number of amides is 1. The van der Waals surface area contributed by atoms with E-state index in [0.29, 0.717) is 10.9 Å². The fourth-order valence-corrected chi connectivity index (χ4v) is 4.70. The number of nitrogens with zero attached hydrogens (tertiary/aromatic N) is 5. The maximum atomic E-state index is 12.3. The molecule has 2 saturated heterocycles. The van der Waals surface area contributed by atoms with E-state index < -0.39 is 0 Å². The molecule has 0 aromatic carbocycles. The summed E-state index contributed by atoms with van der Waals surface area (Å²) >= 11 is 1.51. The molecule has 4 rings (SSSR count). The first-order valence-electron chi connectivity index (χ1n) is 8.69. The molecule has 1 aromatic rings. The topological polar surface area (TPSA) is 53.7 Å². The van der Waals surface area contributed by atoms with E-state index in [2.05, 4.69) is 26.8 Å². The fourth-order valence-electron chi connectivity index (χ4n) is 3.76. The van der Waals surface area contributed by atoms with Crippen LogP contribution in [0.3, 0.4) is 0 Å². The second-order valence-electron chi connectivity index (χ2n) is 6.59. The Bertz CT molecular complexity index is 723. The Morgan fingerprint density at radius 2 is 2.25 bits per heavy atom. The molecule has 7 heteroatoms. The van der Waals surface area contributed by atoms with Crippen LogP contribution in [0, 0.1) is 6.92 Å². The first-order valence-corrected chi connectivity index (χ1v) is 9.51. The summed E-state index contributed by atoms with van der Waals surface area (Å²) in [6.45, 7) is 9.21. The Balaban J connectivity index is 1.48. The normalized spacial score (nSPS) is 26.3. The molecule has 0 N–H and O–H groups in total. The van der Waals surface area contributed by atoms with Gasteiger partial charge in [0.1, 0.15) is 0 Å². The minimum absolute atomic E-state index is 0.118. The predicted octanol–water partition coefficient (Wildman–Crippen LogP) is 1.96. The molecule has 3 aliphatic heterocycles. The molecule has 1 unspecified atom stereocenters. The number of aromatic nitrogens is 2. The van der Waals surface area contributed by atoms with Gasteiger partial charge < -0.3 is 4.90 Å². The highest BCUT2D eigenvalue weighted by Crippen LogP contribution is 2.32. The summed E-state index contributed by atoms with van der Waals surface area (Å²) in [7, 11) is 0. The van der Waals surface area contributed by atoms with Gasteiger partial charge >= 0.3 is 0 Å². The lowest BCUT2D eigenvalue weighted by molar-refractivity contribution is -0.113. The number of rotatable bonds is 2. The molecule has 6 nitrogen and oxygen atoms in total. The highest BCUT2D eigenvalue weighted by molar-refractivity contribution is 8.18. The summed E-state index contributed by atoms with van der Waals surface area (Å²) in [6.07, 6.45) is 6.32. The number of aryl methyl sites for hydroxylation is 1. The number of fused-ring (bicyclic) bond motifs is 1. The number of carbonyl (C=O) groups is 1. The minimum atomic E-state index is -0.118. The van der Waals surface area contributed by atoms with Crippen LogP contribution in [0.2, 0.25) is 0 Å². The predicted molar refractivity (Wildman–Crippen MR) is 96.8 cm³/mol. The monoisotopic (exact) mass is 345 g/mol. The van der Waals surface area contributed by atoms with Crippen molar-refractivity contribution >= 4 is 28.9 Å². The molecule has 0 bridgehead atoms. The first-order chi connectivity index (χ1) is 11.7. The fraction of sp³-hybridized carbons (Fsp3) is 0.588. The standard InChI is InChI=1S/C17H23N5OS/c1-3-22-12(2)13(10-18-22)9-15-16(23)19-17(24-15)21-8-7-20-6-4-5-14(20)11-21/h9-10,14H,3-8,11H2,1-2H3/b15-9+. The number of carbonyl (C=O) groups excluding carboxylic acids is 1. The third-order valence-electron chi connectivity index (χ3n) is 5.19. The Kier molecular flexibility index (Phi) is 4.22. The van der Waals surface area contributed by atoms with Crippen LogP contribution in [0.1, 0.15) is 31.0 Å². The zero-order valence-corrected chi connectivity index (χ0v) is 15.1. The Morgan fingerprint density at radius 1 is 1.38 bits per heavy atom. The van der Waals surface area contributed by atoms with Crippen LogP contribution >= 0.6 is 11.8 Å². The van der Waals surface area contributed by atoms with Crippen molar-refractivity contribution in [2.75, 3.05) is 26.2 Å². The van der Waals surface area contributed by atoms with E-state index in [-0.39, 0.29) is 5.91 Å². The summed E-state index contributed by atoms with van der Waals surface area (Å²) < 4.78 is 1.94. The number of hydrogen-bond donors (Lipinski definition) is 0. The molecule has 1 aromatic heterocycles. The molecule has 0 spiro atoms. The van der Waals surface area contributed by atoms with Crippen LogP contribution in [0.5, 0.6) is 0 Å². The zero-order chi connectivity index (χ0) is 16.7. The second-order valence-corrected chi connectivity index (χ2v) is 7.60. The van der Waals surface area contributed by atoms with E-state index in [4.69, 9.17) is 0 Å². The summed E-state index contributed by atoms with van der Waals surface area (Å²) in [5, 5.41) is 5.22. The van der Waals surface area contributed by atoms with Crippen LogP contribution in [-0.2, 0) is 11.3 Å². The molecular weight excluding hydrogens is 322 g/mol. The largest absolute Gasteiger partial charge is 0.348 e. The number of amidine groups is 1. The Morgan fingerprint density at radius 3 is 3.04 bits per heavy atom. The van der Waals surface area contributed by atoms with Gasteiger partial charge in [0.15, 0.2) is 5.17 Å². The quantitative estimate of drug-likeness (QED) is 0.767. The average Bonchev–Trinajstić information content (AvgIpc) is 3.27. The molecule has 1 atom stereocenters. The lowest BCUT2D eigenvalue weighted by Crippen LogP contribution is -2.51. The molecule has 128 valence electrons. The lowest BCUT2D eigenvalue weighted by Gasteiger charge is -2.38. The van der Waals surface area contributed by atoms with Gasteiger partial charge in [-0.15, -0.1) is 0 Å². The smallest absolute Gasteiger partial charge is 0.286 e. The molecule has 0 radical (unpaired) electrons. The van der Waals surface area contributed by atoms with Gasteiger partial charge in [0.05, 0.1) is 11.1 Å². The molecule has 1 amide bonds. The van der Waals surface area contributed by atoms with Crippen molar-refractivity contribution in [1.82, 2.24) is 19.6 Å². The van der Waals surface area contributed by atoms with Crippen molar-refractivity contribution in [1.29, 1.82) is 0 Å². The number of thioether (sulfide) groups is 1. The molecule has 24 heavy (non-hydrogen) atoms. The van der Waals surface area contributed by atoms with Crippen molar-refractivity contribution in [3.05, 3.63) is 22.4 Å². The van der Waals surface area contributed by atoms with E-state index in [9.17, 15) is 4.79 Å². The molecule has 4 heterocycles. The first kappa shape index (κ1) is 15.9. The molecule has 0 saturated carbocycles. The lowest BCUT2D eigenvalue weighted by atomic mass is 10.2. The highest BCUT2D eigenvalue weighted by atomic mass is 32.2. The number of aliphatic imine (C=N–C) groups is 1. The Labute approximate surface area is 146 Å². The molecule has 3 aliphatic rings. The third kappa shape index (κ3) is 2.80. The summed E-state index contributed by atoms with van der Waals surface area (Å²) in [5.74, 6) is -0.118. The van der Waals surface area contributed by atoms with Crippen molar-refractivity contribution in [3.63, 3.8) is 0 Å². The molecule has 2 fully saturated rings. The van der Waals surface area contributed by atoms with Gasteiger partial charge in [-0.05, 0) is 51.1 Å². The zero-order valence-electron chi connectivity index (χ0n) is 14.2. The van der Waals surface area contributed by atoms with Crippen LogP contribution in [0.25, 0.3) is 6.08 Å². The molecule has 0 aliphatic carbocycles. The van der Waals surface area contributed by atoms with Gasteiger partial charge in [0.2, 0.25) is 0 Å². The Hall–Kier alpha value is -1.60. The molecular formula is C17H23N5OS. The van der Waals surface area contributed by atoms with Gasteiger partial charge in [0, 0.05) is 43.5 Å². The van der Waals surface area contributed by atoms with Gasteiger partial charge in [-0.3, -0.25) is 14.4 Å². The van der Waals surface area contributed by atoms with E-state index >= 15 is 0 Å². The summed E-state index contributed by atoms with van der Waals surface area (Å²) in [4.78, 5) is 22.2. The maximum Gasteiger partial charge on any atom is 0.286 e. The average molecular weight is 345 g/mol. The van der Waals surface area contributed by atoms with Crippen LogP contribution < -0.4 is 0 Å². The van der Waals surface area contributed by atoms with Crippen molar-refractivity contribution < 1.29 is 4.79 Å². The van der Waals surface area contributed by atoms with Gasteiger partial charge in [-0.2, -0.15) is 10.1 Å². The van der Waals surface area contributed by atoms with Crippen molar-refractivity contribution in [2.45, 2.75) is 39.3 Å². The summed E-state index contributed by atoms with van der Waals surface area (Å²) in [5.41, 5.74) is 2.09. The van der Waals surface area contributed by atoms with E-state index in [0.717, 1.165) is 42.6 Å². The third-order valence-corrected chi connectivity index (χ3v) is 6.24. The van der Waals surface area contributed by atoms with Crippen LogP contribution in [-0.4, -0.2) is 62.9 Å². The van der Waals surface area contributed by atoms with Crippen molar-refractivity contribution in [2.24, 2.45) is 4.99 Å². The van der Waals surface area contributed by atoms with Crippen LogP contribution in [0.15, 0.2) is 16.1 Å². The van der Waals surface area contributed by atoms with Gasteiger partial charge in [-0.25, -0.2) is 0 Å². The SMILES string of the molecule is CCn1ncc(/C=C2/SC(N3CCN4CCCC4C3)=NC2=O)c1C. The van der Waals surface area contributed by atoms with Crippen molar-refractivity contribution in [3.8, 4) is 0 Å². The maximum absolute atomic E-state index is 12.3. The second kappa shape index (κ2) is 6.37. The minimum Gasteiger partial charge on any atom is -0.348 e. The van der Waals surface area contributed by atoms with Gasteiger partial charge in [0.25, 0.3) is 5.91 Å². The van der Waals surface area contributed by atoms with E-state index in [1.807, 2.05) is 23.9 Å².